The Kier molecular flexibility index (Phi) is 3.82. The van der Waals surface area contributed by atoms with Crippen molar-refractivity contribution in [2.75, 3.05) is 18.6 Å². The van der Waals surface area contributed by atoms with E-state index in [2.05, 4.69) is 15.5 Å². The molecule has 1 aromatic heterocycles. The molecule has 0 aliphatic carbocycles. The molecule has 0 spiro atoms. The third-order valence-corrected chi connectivity index (χ3v) is 2.53. The van der Waals surface area contributed by atoms with E-state index in [9.17, 15) is 9.00 Å². The maximum atomic E-state index is 11.4. The van der Waals surface area contributed by atoms with Gasteiger partial charge < -0.3 is 5.32 Å². The molecule has 6 heteroatoms. The number of carbonyl (C=O) groups excluding carboxylic acids is 1. The van der Waals surface area contributed by atoms with E-state index in [4.69, 9.17) is 0 Å². The number of nitrogens with zero attached hydrogens (tertiary/aromatic N) is 1. The molecule has 0 aromatic carbocycles. The van der Waals surface area contributed by atoms with Crippen molar-refractivity contribution in [2.45, 2.75) is 6.92 Å². The van der Waals surface area contributed by atoms with Crippen LogP contribution in [0.5, 0.6) is 0 Å². The largest absolute Gasteiger partial charge is 0.351 e. The van der Waals surface area contributed by atoms with Crippen molar-refractivity contribution in [2.24, 2.45) is 0 Å². The molecule has 0 saturated heterocycles. The first-order valence-corrected chi connectivity index (χ1v) is 5.92. The van der Waals surface area contributed by atoms with Crippen molar-refractivity contribution in [1.82, 2.24) is 15.5 Å². The summed E-state index contributed by atoms with van der Waals surface area (Å²) in [4.78, 5) is 11.4. The number of H-pyrrole nitrogens is 1. The minimum atomic E-state index is -0.872. The maximum Gasteiger partial charge on any atom is 0.254 e. The summed E-state index contributed by atoms with van der Waals surface area (Å²) in [5, 5.41) is 9.08. The average molecular weight is 215 g/mol. The lowest BCUT2D eigenvalue weighted by molar-refractivity contribution is 0.0955. The fourth-order valence-corrected chi connectivity index (χ4v) is 1.37. The Labute approximate surface area is 84.7 Å². The second-order valence-electron chi connectivity index (χ2n) is 2.94. The highest BCUT2D eigenvalue weighted by atomic mass is 32.2. The Morgan fingerprint density at radius 2 is 2.43 bits per heavy atom. The van der Waals surface area contributed by atoms with Gasteiger partial charge in [0, 0.05) is 35.0 Å². The molecular formula is C8H13N3O2S. The summed E-state index contributed by atoms with van der Waals surface area (Å²) in [6.07, 6.45) is 3.09. The van der Waals surface area contributed by atoms with Crippen LogP contribution in [0.15, 0.2) is 6.20 Å². The average Bonchev–Trinajstić information content (AvgIpc) is 2.50. The van der Waals surface area contributed by atoms with Crippen molar-refractivity contribution >= 4 is 16.7 Å². The normalized spacial score (nSPS) is 12.4. The Hall–Kier alpha value is -1.17. The molecule has 1 amide bonds. The fourth-order valence-electron chi connectivity index (χ4n) is 0.983. The molecule has 1 unspecified atom stereocenters. The molecule has 2 N–H and O–H groups in total. The number of rotatable bonds is 4. The zero-order valence-electron chi connectivity index (χ0n) is 8.16. The van der Waals surface area contributed by atoms with E-state index >= 15 is 0 Å². The molecule has 5 nitrogen and oxygen atoms in total. The van der Waals surface area contributed by atoms with Crippen LogP contribution in [0.4, 0.5) is 0 Å². The summed E-state index contributed by atoms with van der Waals surface area (Å²) in [5.74, 6) is 0.296. The molecule has 1 aromatic rings. The van der Waals surface area contributed by atoms with E-state index in [1.807, 2.05) is 0 Å². The van der Waals surface area contributed by atoms with Gasteiger partial charge in [0.1, 0.15) is 0 Å². The van der Waals surface area contributed by atoms with E-state index in [0.717, 1.165) is 5.69 Å². The highest BCUT2D eigenvalue weighted by Gasteiger charge is 2.09. The Bertz CT molecular complexity index is 348. The predicted molar refractivity (Wildman–Crippen MR) is 54.6 cm³/mol. The van der Waals surface area contributed by atoms with Gasteiger partial charge in [-0.2, -0.15) is 5.10 Å². The fraction of sp³-hybridized carbons (Fsp3) is 0.500. The molecule has 1 atom stereocenters. The van der Waals surface area contributed by atoms with E-state index in [1.54, 1.807) is 13.2 Å². The van der Waals surface area contributed by atoms with Gasteiger partial charge in [0.2, 0.25) is 0 Å². The molecular weight excluding hydrogens is 202 g/mol. The van der Waals surface area contributed by atoms with Crippen LogP contribution < -0.4 is 5.32 Å². The molecule has 0 saturated carbocycles. The highest BCUT2D eigenvalue weighted by Crippen LogP contribution is 2.01. The van der Waals surface area contributed by atoms with Crippen LogP contribution in [0.25, 0.3) is 0 Å². The molecule has 0 radical (unpaired) electrons. The highest BCUT2D eigenvalue weighted by molar-refractivity contribution is 7.84. The van der Waals surface area contributed by atoms with Crippen molar-refractivity contribution < 1.29 is 9.00 Å². The standard InChI is InChI=1S/C8H13N3O2S/c1-6-7(5-10-11-6)8(12)9-3-4-14(2)13/h5H,3-4H2,1-2H3,(H,9,12)(H,10,11). The third kappa shape index (κ3) is 2.95. The van der Waals surface area contributed by atoms with Crippen molar-refractivity contribution in [3.05, 3.63) is 17.5 Å². The van der Waals surface area contributed by atoms with E-state index in [1.165, 1.54) is 6.20 Å². The molecule has 0 aliphatic heterocycles. The number of nitrogens with one attached hydrogen (secondary N) is 2. The van der Waals surface area contributed by atoms with Crippen LogP contribution in [-0.2, 0) is 10.8 Å². The molecule has 14 heavy (non-hydrogen) atoms. The molecule has 1 heterocycles. The molecule has 0 aliphatic rings. The predicted octanol–water partition coefficient (Wildman–Crippen LogP) is -0.174. The second kappa shape index (κ2) is 4.90. The quantitative estimate of drug-likeness (QED) is 0.732. The summed E-state index contributed by atoms with van der Waals surface area (Å²) < 4.78 is 10.7. The van der Waals surface area contributed by atoms with Gasteiger partial charge in [0.05, 0.1) is 11.8 Å². The van der Waals surface area contributed by atoms with Crippen LogP contribution in [0, 0.1) is 6.92 Å². The number of hydrogen-bond acceptors (Lipinski definition) is 3. The van der Waals surface area contributed by atoms with Crippen LogP contribution in [0.1, 0.15) is 16.1 Å². The lowest BCUT2D eigenvalue weighted by atomic mass is 10.2. The first-order valence-electron chi connectivity index (χ1n) is 4.19. The molecule has 0 fully saturated rings. The summed E-state index contributed by atoms with van der Waals surface area (Å²) in [7, 11) is -0.872. The van der Waals surface area contributed by atoms with Gasteiger partial charge in [-0.1, -0.05) is 0 Å². The first kappa shape index (κ1) is 10.9. The molecule has 0 bridgehead atoms. The summed E-state index contributed by atoms with van der Waals surface area (Å²) in [5.41, 5.74) is 1.27. The Morgan fingerprint density at radius 3 is 2.93 bits per heavy atom. The minimum Gasteiger partial charge on any atom is -0.351 e. The zero-order valence-corrected chi connectivity index (χ0v) is 8.98. The molecule has 78 valence electrons. The van der Waals surface area contributed by atoms with Gasteiger partial charge in [-0.15, -0.1) is 0 Å². The van der Waals surface area contributed by atoms with Crippen LogP contribution in [-0.4, -0.2) is 38.9 Å². The maximum absolute atomic E-state index is 11.4. The van der Waals surface area contributed by atoms with Crippen molar-refractivity contribution in [1.29, 1.82) is 0 Å². The first-order chi connectivity index (χ1) is 6.61. The van der Waals surface area contributed by atoms with Crippen LogP contribution >= 0.6 is 0 Å². The van der Waals surface area contributed by atoms with Gasteiger partial charge in [0.25, 0.3) is 5.91 Å². The number of amides is 1. The van der Waals surface area contributed by atoms with Crippen molar-refractivity contribution in [3.8, 4) is 0 Å². The zero-order chi connectivity index (χ0) is 10.6. The second-order valence-corrected chi connectivity index (χ2v) is 4.50. The number of aromatic amines is 1. The summed E-state index contributed by atoms with van der Waals surface area (Å²) in [6.45, 7) is 2.20. The summed E-state index contributed by atoms with van der Waals surface area (Å²) >= 11 is 0. The number of carbonyl (C=O) groups is 1. The molecule has 1 rings (SSSR count). The topological polar surface area (TPSA) is 74.8 Å². The smallest absolute Gasteiger partial charge is 0.254 e. The monoisotopic (exact) mass is 215 g/mol. The number of aromatic nitrogens is 2. The number of aryl methyl sites for hydroxylation is 1. The van der Waals surface area contributed by atoms with Gasteiger partial charge in [-0.05, 0) is 6.92 Å². The third-order valence-electron chi connectivity index (χ3n) is 1.75. The SMILES string of the molecule is Cc1[nH]ncc1C(=O)NCCS(C)=O. The van der Waals surface area contributed by atoms with Gasteiger partial charge in [-0.3, -0.25) is 14.1 Å². The lowest BCUT2D eigenvalue weighted by Crippen LogP contribution is -2.27. The van der Waals surface area contributed by atoms with Crippen LogP contribution in [0.3, 0.4) is 0 Å². The Morgan fingerprint density at radius 1 is 1.71 bits per heavy atom. The lowest BCUT2D eigenvalue weighted by Gasteiger charge is -2.01. The number of hydrogen-bond donors (Lipinski definition) is 2. The van der Waals surface area contributed by atoms with Crippen LogP contribution in [0.2, 0.25) is 0 Å². The van der Waals surface area contributed by atoms with Gasteiger partial charge in [0.15, 0.2) is 0 Å². The Balaban J connectivity index is 2.44. The van der Waals surface area contributed by atoms with E-state index in [-0.39, 0.29) is 5.91 Å². The summed E-state index contributed by atoms with van der Waals surface area (Å²) in [6, 6.07) is 0. The van der Waals surface area contributed by atoms with Gasteiger partial charge >= 0.3 is 0 Å². The van der Waals surface area contributed by atoms with E-state index in [0.29, 0.717) is 17.9 Å². The van der Waals surface area contributed by atoms with E-state index < -0.39 is 10.8 Å². The van der Waals surface area contributed by atoms with Gasteiger partial charge in [-0.25, -0.2) is 0 Å². The minimum absolute atomic E-state index is 0.179. The van der Waals surface area contributed by atoms with Crippen molar-refractivity contribution in [3.63, 3.8) is 0 Å².